The first-order valence-electron chi connectivity index (χ1n) is 7.77. The SMILES string of the molecule is COC(=O)c1cccc(NC(=O)CN(Cc2ccccc2)S(C)(=O)=O)c1. The summed E-state index contributed by atoms with van der Waals surface area (Å²) >= 11 is 0. The van der Waals surface area contributed by atoms with Gasteiger partial charge in [0.1, 0.15) is 0 Å². The summed E-state index contributed by atoms with van der Waals surface area (Å²) in [4.78, 5) is 23.8. The van der Waals surface area contributed by atoms with Gasteiger partial charge in [-0.15, -0.1) is 0 Å². The molecule has 2 aromatic rings. The van der Waals surface area contributed by atoms with Crippen LogP contribution in [0.4, 0.5) is 5.69 Å². The zero-order chi connectivity index (χ0) is 19.2. The monoisotopic (exact) mass is 376 g/mol. The van der Waals surface area contributed by atoms with Gasteiger partial charge in [0.2, 0.25) is 15.9 Å². The fourth-order valence-corrected chi connectivity index (χ4v) is 3.02. The van der Waals surface area contributed by atoms with Crippen LogP contribution in [0.25, 0.3) is 0 Å². The van der Waals surface area contributed by atoms with Crippen LogP contribution in [0.5, 0.6) is 0 Å². The van der Waals surface area contributed by atoms with Crippen LogP contribution in [0.1, 0.15) is 15.9 Å². The molecule has 0 fully saturated rings. The van der Waals surface area contributed by atoms with Crippen molar-refractivity contribution < 1.29 is 22.7 Å². The molecule has 26 heavy (non-hydrogen) atoms. The summed E-state index contributed by atoms with van der Waals surface area (Å²) < 4.78 is 29.7. The number of nitrogens with one attached hydrogen (secondary N) is 1. The van der Waals surface area contributed by atoms with E-state index in [0.29, 0.717) is 5.69 Å². The molecule has 0 aliphatic carbocycles. The van der Waals surface area contributed by atoms with E-state index in [9.17, 15) is 18.0 Å². The largest absolute Gasteiger partial charge is 0.465 e. The number of sulfonamides is 1. The zero-order valence-corrected chi connectivity index (χ0v) is 15.3. The van der Waals surface area contributed by atoms with Gasteiger partial charge in [0.15, 0.2) is 0 Å². The lowest BCUT2D eigenvalue weighted by atomic mass is 10.2. The van der Waals surface area contributed by atoms with E-state index in [2.05, 4.69) is 10.1 Å². The third-order valence-electron chi connectivity index (χ3n) is 3.56. The maximum absolute atomic E-state index is 12.3. The van der Waals surface area contributed by atoms with Crippen molar-refractivity contribution >= 4 is 27.6 Å². The van der Waals surface area contributed by atoms with E-state index in [0.717, 1.165) is 16.1 Å². The second-order valence-electron chi connectivity index (χ2n) is 5.64. The van der Waals surface area contributed by atoms with Gasteiger partial charge in [-0.05, 0) is 23.8 Å². The highest BCUT2D eigenvalue weighted by molar-refractivity contribution is 7.88. The van der Waals surface area contributed by atoms with E-state index in [4.69, 9.17) is 0 Å². The lowest BCUT2D eigenvalue weighted by Crippen LogP contribution is -2.36. The Kier molecular flexibility index (Phi) is 6.48. The normalized spacial score (nSPS) is 11.2. The molecule has 0 atom stereocenters. The fourth-order valence-electron chi connectivity index (χ4n) is 2.28. The first kappa shape index (κ1) is 19.6. The molecule has 0 saturated heterocycles. The summed E-state index contributed by atoms with van der Waals surface area (Å²) in [5, 5.41) is 2.60. The standard InChI is InChI=1S/C18H20N2O5S/c1-25-18(22)15-9-6-10-16(11-15)19-17(21)13-20(26(2,23)24)12-14-7-4-3-5-8-14/h3-11H,12-13H2,1-2H3,(H,19,21). The Morgan fingerprint density at radius 2 is 1.77 bits per heavy atom. The minimum Gasteiger partial charge on any atom is -0.465 e. The number of esters is 1. The average molecular weight is 376 g/mol. The number of carbonyl (C=O) groups excluding carboxylic acids is 2. The molecule has 0 unspecified atom stereocenters. The average Bonchev–Trinajstić information content (AvgIpc) is 2.60. The molecule has 0 heterocycles. The number of hydrogen-bond acceptors (Lipinski definition) is 5. The molecular formula is C18H20N2O5S. The summed E-state index contributed by atoms with van der Waals surface area (Å²) in [7, 11) is -2.31. The molecular weight excluding hydrogens is 356 g/mol. The van der Waals surface area contributed by atoms with Gasteiger partial charge in [0.05, 0.1) is 25.5 Å². The molecule has 8 heteroatoms. The highest BCUT2D eigenvalue weighted by atomic mass is 32.2. The van der Waals surface area contributed by atoms with E-state index < -0.39 is 21.9 Å². The highest BCUT2D eigenvalue weighted by Crippen LogP contribution is 2.13. The Balaban J connectivity index is 2.09. The summed E-state index contributed by atoms with van der Waals surface area (Å²) in [6.07, 6.45) is 1.06. The van der Waals surface area contributed by atoms with Gasteiger partial charge in [-0.1, -0.05) is 36.4 Å². The molecule has 0 aliphatic rings. The van der Waals surface area contributed by atoms with Crippen molar-refractivity contribution in [2.24, 2.45) is 0 Å². The molecule has 7 nitrogen and oxygen atoms in total. The van der Waals surface area contributed by atoms with Crippen molar-refractivity contribution in [2.45, 2.75) is 6.54 Å². The van der Waals surface area contributed by atoms with Gasteiger partial charge >= 0.3 is 5.97 Å². The Morgan fingerprint density at radius 1 is 1.08 bits per heavy atom. The maximum atomic E-state index is 12.3. The van der Waals surface area contributed by atoms with Gasteiger partial charge in [-0.2, -0.15) is 4.31 Å². The first-order valence-corrected chi connectivity index (χ1v) is 9.61. The second kappa shape index (κ2) is 8.59. The topological polar surface area (TPSA) is 92.8 Å². The highest BCUT2D eigenvalue weighted by Gasteiger charge is 2.20. The first-order chi connectivity index (χ1) is 12.3. The van der Waals surface area contributed by atoms with Crippen LogP contribution in [0.3, 0.4) is 0 Å². The van der Waals surface area contributed by atoms with E-state index in [1.165, 1.54) is 13.2 Å². The quantitative estimate of drug-likeness (QED) is 0.745. The van der Waals surface area contributed by atoms with Crippen LogP contribution in [-0.2, 0) is 26.1 Å². The van der Waals surface area contributed by atoms with Gasteiger partial charge in [-0.25, -0.2) is 13.2 Å². The van der Waals surface area contributed by atoms with E-state index in [1.807, 2.05) is 6.07 Å². The number of anilines is 1. The van der Waals surface area contributed by atoms with E-state index in [1.54, 1.807) is 42.5 Å². The van der Waals surface area contributed by atoms with Crippen LogP contribution in [0.15, 0.2) is 54.6 Å². The number of carbonyl (C=O) groups is 2. The van der Waals surface area contributed by atoms with Gasteiger partial charge in [-0.3, -0.25) is 4.79 Å². The minimum absolute atomic E-state index is 0.0926. The maximum Gasteiger partial charge on any atom is 0.337 e. The molecule has 0 spiro atoms. The van der Waals surface area contributed by atoms with Crippen LogP contribution in [0, 0.1) is 0 Å². The Morgan fingerprint density at radius 3 is 2.38 bits per heavy atom. The van der Waals surface area contributed by atoms with Crippen LogP contribution in [0.2, 0.25) is 0 Å². The number of rotatable bonds is 7. The second-order valence-corrected chi connectivity index (χ2v) is 7.62. The lowest BCUT2D eigenvalue weighted by Gasteiger charge is -2.19. The van der Waals surface area contributed by atoms with Gasteiger partial charge in [0, 0.05) is 12.2 Å². The summed E-state index contributed by atoms with van der Waals surface area (Å²) in [6.45, 7) is -0.245. The summed E-state index contributed by atoms with van der Waals surface area (Å²) in [5.41, 5.74) is 1.44. The number of ether oxygens (including phenoxy) is 1. The van der Waals surface area contributed by atoms with Crippen molar-refractivity contribution in [3.8, 4) is 0 Å². The minimum atomic E-state index is -3.58. The summed E-state index contributed by atoms with van der Waals surface area (Å²) in [5.74, 6) is -1.03. The van der Waals surface area contributed by atoms with Crippen LogP contribution >= 0.6 is 0 Å². The van der Waals surface area contributed by atoms with Crippen molar-refractivity contribution in [1.82, 2.24) is 4.31 Å². The molecule has 2 aromatic carbocycles. The molecule has 0 bridgehead atoms. The molecule has 2 rings (SSSR count). The molecule has 0 saturated carbocycles. The molecule has 0 radical (unpaired) electrons. The fraction of sp³-hybridized carbons (Fsp3) is 0.222. The molecule has 0 aliphatic heterocycles. The Hall–Kier alpha value is -2.71. The zero-order valence-electron chi connectivity index (χ0n) is 14.5. The number of methoxy groups -OCH3 is 1. The number of benzene rings is 2. The van der Waals surface area contributed by atoms with Crippen LogP contribution < -0.4 is 5.32 Å². The van der Waals surface area contributed by atoms with E-state index >= 15 is 0 Å². The number of nitrogens with zero attached hydrogens (tertiary/aromatic N) is 1. The third-order valence-corrected chi connectivity index (χ3v) is 4.75. The predicted molar refractivity (Wildman–Crippen MR) is 98.1 cm³/mol. The van der Waals surface area contributed by atoms with Crippen molar-refractivity contribution in [3.05, 3.63) is 65.7 Å². The lowest BCUT2D eigenvalue weighted by molar-refractivity contribution is -0.116. The smallest absolute Gasteiger partial charge is 0.337 e. The number of amides is 1. The van der Waals surface area contributed by atoms with Gasteiger partial charge in [0.25, 0.3) is 0 Å². The molecule has 1 amide bonds. The molecule has 1 N–H and O–H groups in total. The van der Waals surface area contributed by atoms with Crippen LogP contribution in [-0.4, -0.2) is 44.5 Å². The molecule has 138 valence electrons. The Labute approximate surface area is 152 Å². The summed E-state index contributed by atoms with van der Waals surface area (Å²) in [6, 6.07) is 15.2. The third kappa shape index (κ3) is 5.68. The Bertz CT molecular complexity index is 881. The molecule has 0 aromatic heterocycles. The van der Waals surface area contributed by atoms with Crippen molar-refractivity contribution in [2.75, 3.05) is 25.2 Å². The number of hydrogen-bond donors (Lipinski definition) is 1. The van der Waals surface area contributed by atoms with Gasteiger partial charge < -0.3 is 10.1 Å². The van der Waals surface area contributed by atoms with E-state index in [-0.39, 0.29) is 18.7 Å². The predicted octanol–water partition coefficient (Wildman–Crippen LogP) is 1.87. The van der Waals surface area contributed by atoms with Crippen molar-refractivity contribution in [3.63, 3.8) is 0 Å². The van der Waals surface area contributed by atoms with Crippen molar-refractivity contribution in [1.29, 1.82) is 0 Å².